The molecule has 0 unspecified atom stereocenters. The van der Waals surface area contributed by atoms with Crippen LogP contribution in [0.25, 0.3) is 0 Å². The number of carbonyl (C=O) groups excluding carboxylic acids is 2. The molecule has 1 aliphatic heterocycles. The summed E-state index contributed by atoms with van der Waals surface area (Å²) in [4.78, 5) is 26.5. The maximum absolute atomic E-state index is 13.5. The predicted octanol–water partition coefficient (Wildman–Crippen LogP) is 1.13. The third-order valence-electron chi connectivity index (χ3n) is 3.12. The van der Waals surface area contributed by atoms with Crippen LogP contribution in [0.2, 0.25) is 0 Å². The van der Waals surface area contributed by atoms with Crippen molar-refractivity contribution in [3.63, 3.8) is 0 Å². The highest BCUT2D eigenvalue weighted by atomic mass is 19.1. The van der Waals surface area contributed by atoms with Gasteiger partial charge in [-0.1, -0.05) is 12.1 Å². The lowest BCUT2D eigenvalue weighted by Gasteiger charge is -2.34. The number of piperazine rings is 1. The molecule has 18 heavy (non-hydrogen) atoms. The molecule has 1 aromatic carbocycles. The molecule has 0 N–H and O–H groups in total. The van der Waals surface area contributed by atoms with Gasteiger partial charge in [-0.2, -0.15) is 0 Å². The second-order valence-corrected chi connectivity index (χ2v) is 4.28. The van der Waals surface area contributed by atoms with E-state index in [0.29, 0.717) is 26.2 Å². The van der Waals surface area contributed by atoms with Gasteiger partial charge >= 0.3 is 0 Å². The molecule has 5 heteroatoms. The third kappa shape index (κ3) is 2.50. The maximum atomic E-state index is 13.5. The quantitative estimate of drug-likeness (QED) is 0.749. The summed E-state index contributed by atoms with van der Waals surface area (Å²) >= 11 is 0. The molecule has 1 aliphatic rings. The van der Waals surface area contributed by atoms with Gasteiger partial charge in [0.05, 0.1) is 5.56 Å². The standard InChI is InChI=1S/C13H15FN2O2/c1-10(17)15-6-8-16(9-7-15)13(18)11-4-2-3-5-12(11)14/h2-5H,6-9H2,1H3. The van der Waals surface area contributed by atoms with Gasteiger partial charge in [0.2, 0.25) is 5.91 Å². The van der Waals surface area contributed by atoms with Crippen molar-refractivity contribution in [1.82, 2.24) is 9.80 Å². The van der Waals surface area contributed by atoms with Crippen molar-refractivity contribution >= 4 is 11.8 Å². The van der Waals surface area contributed by atoms with E-state index in [1.807, 2.05) is 0 Å². The van der Waals surface area contributed by atoms with Gasteiger partial charge in [0, 0.05) is 33.1 Å². The monoisotopic (exact) mass is 250 g/mol. The van der Waals surface area contributed by atoms with Gasteiger partial charge in [-0.25, -0.2) is 4.39 Å². The number of hydrogen-bond acceptors (Lipinski definition) is 2. The van der Waals surface area contributed by atoms with E-state index in [1.165, 1.54) is 19.1 Å². The van der Waals surface area contributed by atoms with E-state index in [9.17, 15) is 14.0 Å². The summed E-state index contributed by atoms with van der Waals surface area (Å²) in [6.45, 7) is 3.43. The van der Waals surface area contributed by atoms with Gasteiger partial charge in [-0.3, -0.25) is 9.59 Å². The first-order valence-electron chi connectivity index (χ1n) is 5.89. The zero-order valence-electron chi connectivity index (χ0n) is 10.2. The van der Waals surface area contributed by atoms with Crippen LogP contribution in [0.15, 0.2) is 24.3 Å². The van der Waals surface area contributed by atoms with Crippen molar-refractivity contribution in [1.29, 1.82) is 0 Å². The lowest BCUT2D eigenvalue weighted by molar-refractivity contribution is -0.130. The summed E-state index contributed by atoms with van der Waals surface area (Å²) in [6, 6.07) is 5.95. The van der Waals surface area contributed by atoms with Gasteiger partial charge in [-0.05, 0) is 12.1 Å². The fourth-order valence-corrected chi connectivity index (χ4v) is 2.03. The topological polar surface area (TPSA) is 40.6 Å². The van der Waals surface area contributed by atoms with Crippen molar-refractivity contribution in [2.24, 2.45) is 0 Å². The zero-order chi connectivity index (χ0) is 13.1. The maximum Gasteiger partial charge on any atom is 0.256 e. The van der Waals surface area contributed by atoms with Gasteiger partial charge in [0.15, 0.2) is 0 Å². The van der Waals surface area contributed by atoms with Crippen LogP contribution in [0.4, 0.5) is 4.39 Å². The number of halogens is 1. The molecule has 0 bridgehead atoms. The average molecular weight is 250 g/mol. The van der Waals surface area contributed by atoms with Crippen molar-refractivity contribution in [3.8, 4) is 0 Å². The minimum absolute atomic E-state index is 0.00740. The summed E-state index contributed by atoms with van der Waals surface area (Å²) in [5, 5.41) is 0. The Balaban J connectivity index is 2.04. The molecule has 1 heterocycles. The van der Waals surface area contributed by atoms with Crippen molar-refractivity contribution in [2.75, 3.05) is 26.2 Å². The van der Waals surface area contributed by atoms with Crippen LogP contribution in [0, 0.1) is 5.82 Å². The van der Waals surface area contributed by atoms with Crippen molar-refractivity contribution in [2.45, 2.75) is 6.92 Å². The van der Waals surface area contributed by atoms with E-state index in [4.69, 9.17) is 0 Å². The van der Waals surface area contributed by atoms with E-state index >= 15 is 0 Å². The Morgan fingerprint density at radius 2 is 1.61 bits per heavy atom. The zero-order valence-corrected chi connectivity index (χ0v) is 10.2. The molecule has 2 rings (SSSR count). The minimum Gasteiger partial charge on any atom is -0.339 e. The molecular formula is C13H15FN2O2. The fourth-order valence-electron chi connectivity index (χ4n) is 2.03. The molecule has 0 aliphatic carbocycles. The Morgan fingerprint density at radius 3 is 2.17 bits per heavy atom. The van der Waals surface area contributed by atoms with E-state index in [2.05, 4.69) is 0 Å². The normalized spacial score (nSPS) is 15.7. The van der Waals surface area contributed by atoms with E-state index in [1.54, 1.807) is 21.9 Å². The Labute approximate surface area is 105 Å². The average Bonchev–Trinajstić information content (AvgIpc) is 2.38. The smallest absolute Gasteiger partial charge is 0.256 e. The molecule has 2 amide bonds. The first kappa shape index (κ1) is 12.5. The summed E-state index contributed by atoms with van der Waals surface area (Å²) < 4.78 is 13.5. The Hall–Kier alpha value is -1.91. The number of hydrogen-bond donors (Lipinski definition) is 0. The molecule has 1 aromatic rings. The predicted molar refractivity (Wildman–Crippen MR) is 64.6 cm³/mol. The molecule has 0 atom stereocenters. The highest BCUT2D eigenvalue weighted by Gasteiger charge is 2.24. The lowest BCUT2D eigenvalue weighted by Crippen LogP contribution is -2.50. The molecule has 1 saturated heterocycles. The van der Waals surface area contributed by atoms with Crippen molar-refractivity contribution < 1.29 is 14.0 Å². The molecular weight excluding hydrogens is 235 g/mol. The fraction of sp³-hybridized carbons (Fsp3) is 0.385. The molecule has 1 fully saturated rings. The highest BCUT2D eigenvalue weighted by molar-refractivity contribution is 5.94. The second-order valence-electron chi connectivity index (χ2n) is 4.28. The van der Waals surface area contributed by atoms with Gasteiger partial charge in [0.25, 0.3) is 5.91 Å². The molecule has 0 radical (unpaired) electrons. The van der Waals surface area contributed by atoms with Gasteiger partial charge in [-0.15, -0.1) is 0 Å². The first-order valence-corrected chi connectivity index (χ1v) is 5.89. The first-order chi connectivity index (χ1) is 8.59. The Bertz CT molecular complexity index is 468. The summed E-state index contributed by atoms with van der Waals surface area (Å²) in [6.07, 6.45) is 0. The minimum atomic E-state index is -0.503. The summed E-state index contributed by atoms with van der Waals surface area (Å²) in [5.74, 6) is -0.805. The summed E-state index contributed by atoms with van der Waals surface area (Å²) in [7, 11) is 0. The lowest BCUT2D eigenvalue weighted by atomic mass is 10.1. The van der Waals surface area contributed by atoms with Gasteiger partial charge < -0.3 is 9.80 Å². The number of carbonyl (C=O) groups is 2. The largest absolute Gasteiger partial charge is 0.339 e. The SMILES string of the molecule is CC(=O)N1CCN(C(=O)c2ccccc2F)CC1. The van der Waals surface area contributed by atoms with Crippen LogP contribution < -0.4 is 0 Å². The molecule has 0 saturated carbocycles. The molecule has 0 aromatic heterocycles. The third-order valence-corrected chi connectivity index (χ3v) is 3.12. The van der Waals surface area contributed by atoms with E-state index in [0.717, 1.165) is 0 Å². The van der Waals surface area contributed by atoms with Gasteiger partial charge in [0.1, 0.15) is 5.82 Å². The molecule has 4 nitrogen and oxygen atoms in total. The molecule has 96 valence electrons. The van der Waals surface area contributed by atoms with E-state index in [-0.39, 0.29) is 17.4 Å². The number of nitrogens with zero attached hydrogens (tertiary/aromatic N) is 2. The van der Waals surface area contributed by atoms with Crippen LogP contribution in [-0.4, -0.2) is 47.8 Å². The van der Waals surface area contributed by atoms with Crippen LogP contribution in [0.3, 0.4) is 0 Å². The van der Waals surface area contributed by atoms with Crippen LogP contribution in [0.1, 0.15) is 17.3 Å². The van der Waals surface area contributed by atoms with Crippen molar-refractivity contribution in [3.05, 3.63) is 35.6 Å². The van der Waals surface area contributed by atoms with Crippen LogP contribution in [-0.2, 0) is 4.79 Å². The summed E-state index contributed by atoms with van der Waals surface area (Å²) in [5.41, 5.74) is 0.0915. The Morgan fingerprint density at radius 1 is 1.06 bits per heavy atom. The van der Waals surface area contributed by atoms with E-state index < -0.39 is 5.82 Å². The number of amides is 2. The molecule has 0 spiro atoms. The van der Waals surface area contributed by atoms with Crippen LogP contribution in [0.5, 0.6) is 0 Å². The Kier molecular flexibility index (Phi) is 3.60. The number of rotatable bonds is 1. The highest BCUT2D eigenvalue weighted by Crippen LogP contribution is 2.12. The van der Waals surface area contributed by atoms with Crippen LogP contribution >= 0.6 is 0 Å². The number of benzene rings is 1. The second kappa shape index (κ2) is 5.16.